The molecule has 1 aromatic carbocycles. The van der Waals surface area contributed by atoms with Crippen LogP contribution < -0.4 is 10.1 Å². The van der Waals surface area contributed by atoms with Crippen LogP contribution in [-0.2, 0) is 6.54 Å². The van der Waals surface area contributed by atoms with Gasteiger partial charge in [-0.25, -0.2) is 0 Å². The molecule has 4 aliphatic rings. The molecule has 0 saturated heterocycles. The van der Waals surface area contributed by atoms with Gasteiger partial charge in [-0.3, -0.25) is 0 Å². The number of halogens is 1. The third-order valence-electron chi connectivity index (χ3n) is 6.59. The second-order valence-corrected chi connectivity index (χ2v) is 10.3. The number of hydrogen-bond acceptors (Lipinski definition) is 2. The van der Waals surface area contributed by atoms with Gasteiger partial charge in [0, 0.05) is 12.1 Å². The minimum absolute atomic E-state index is 0.369. The second kappa shape index (κ2) is 5.74. The van der Waals surface area contributed by atoms with Crippen molar-refractivity contribution in [2.45, 2.75) is 71.4 Å². The van der Waals surface area contributed by atoms with Crippen LogP contribution in [0.1, 0.15) is 64.9 Å². The molecule has 132 valence electrons. The zero-order valence-electron chi connectivity index (χ0n) is 15.3. The van der Waals surface area contributed by atoms with Crippen molar-refractivity contribution in [2.24, 2.45) is 16.7 Å². The van der Waals surface area contributed by atoms with Gasteiger partial charge in [0.05, 0.1) is 11.1 Å². The predicted molar refractivity (Wildman–Crippen MR) is 102 cm³/mol. The van der Waals surface area contributed by atoms with Gasteiger partial charge >= 0.3 is 0 Å². The molecule has 0 spiro atoms. The fourth-order valence-electron chi connectivity index (χ4n) is 6.86. The highest BCUT2D eigenvalue weighted by Crippen LogP contribution is 2.66. The van der Waals surface area contributed by atoms with Gasteiger partial charge in [-0.2, -0.15) is 0 Å². The summed E-state index contributed by atoms with van der Waals surface area (Å²) in [5.74, 6) is 1.88. The van der Waals surface area contributed by atoms with E-state index in [-0.39, 0.29) is 0 Å². The highest BCUT2D eigenvalue weighted by Gasteiger charge is 2.59. The SMILES string of the molecule is CCOc1ccc(CNC23CC4CC(C)(CC(C)(C4)C2)C3)cc1Br. The van der Waals surface area contributed by atoms with Crippen LogP contribution in [0, 0.1) is 16.7 Å². The zero-order valence-corrected chi connectivity index (χ0v) is 16.8. The van der Waals surface area contributed by atoms with E-state index in [1.807, 2.05) is 6.92 Å². The van der Waals surface area contributed by atoms with Crippen LogP contribution in [0.15, 0.2) is 22.7 Å². The van der Waals surface area contributed by atoms with Crippen LogP contribution >= 0.6 is 15.9 Å². The van der Waals surface area contributed by atoms with Crippen molar-refractivity contribution in [1.29, 1.82) is 0 Å². The van der Waals surface area contributed by atoms with E-state index in [0.29, 0.717) is 23.0 Å². The largest absolute Gasteiger partial charge is 0.493 e. The average Bonchev–Trinajstić information content (AvgIpc) is 2.44. The van der Waals surface area contributed by atoms with Gasteiger partial charge in [0.25, 0.3) is 0 Å². The van der Waals surface area contributed by atoms with Crippen LogP contribution in [0.25, 0.3) is 0 Å². The third kappa shape index (κ3) is 3.03. The molecule has 24 heavy (non-hydrogen) atoms. The third-order valence-corrected chi connectivity index (χ3v) is 7.21. The van der Waals surface area contributed by atoms with E-state index in [0.717, 1.165) is 22.7 Å². The summed E-state index contributed by atoms with van der Waals surface area (Å²) in [6, 6.07) is 6.50. The molecule has 4 fully saturated rings. The average molecular weight is 392 g/mol. The monoisotopic (exact) mass is 391 g/mol. The standard InChI is InChI=1S/C21H30BrNO/c1-4-24-18-6-5-15(7-17(18)22)11-23-21-10-16-8-19(2,13-21)12-20(3,9-16)14-21/h5-7,16,23H,4,8-14H2,1-3H3. The minimum Gasteiger partial charge on any atom is -0.493 e. The molecule has 0 amide bonds. The fraction of sp³-hybridized carbons (Fsp3) is 0.714. The first-order valence-corrected chi connectivity index (χ1v) is 10.3. The minimum atomic E-state index is 0.369. The van der Waals surface area contributed by atoms with Crippen molar-refractivity contribution in [3.05, 3.63) is 28.2 Å². The Balaban J connectivity index is 1.49. The lowest BCUT2D eigenvalue weighted by atomic mass is 9.43. The molecule has 4 bridgehead atoms. The number of hydrogen-bond donors (Lipinski definition) is 1. The van der Waals surface area contributed by atoms with Gasteiger partial charge in [0.15, 0.2) is 0 Å². The second-order valence-electron chi connectivity index (χ2n) is 9.46. The number of ether oxygens (including phenoxy) is 1. The maximum atomic E-state index is 5.63. The summed E-state index contributed by atoms with van der Waals surface area (Å²) in [5, 5.41) is 4.01. The smallest absolute Gasteiger partial charge is 0.133 e. The Bertz CT molecular complexity index is 625. The molecule has 4 aliphatic carbocycles. The number of benzene rings is 1. The first-order chi connectivity index (χ1) is 11.3. The maximum absolute atomic E-state index is 5.63. The number of rotatable bonds is 5. The Morgan fingerprint density at radius 1 is 1.12 bits per heavy atom. The van der Waals surface area contributed by atoms with Crippen LogP contribution in [-0.4, -0.2) is 12.1 Å². The highest BCUT2D eigenvalue weighted by atomic mass is 79.9. The van der Waals surface area contributed by atoms with Crippen molar-refractivity contribution in [3.63, 3.8) is 0 Å². The van der Waals surface area contributed by atoms with Gasteiger partial charge in [-0.05, 0) is 95.8 Å². The van der Waals surface area contributed by atoms with Crippen molar-refractivity contribution < 1.29 is 4.74 Å². The molecule has 3 heteroatoms. The zero-order chi connectivity index (χ0) is 17.0. The summed E-state index contributed by atoms with van der Waals surface area (Å²) in [5.41, 5.74) is 2.85. The maximum Gasteiger partial charge on any atom is 0.133 e. The molecule has 2 unspecified atom stereocenters. The molecule has 1 aromatic rings. The van der Waals surface area contributed by atoms with E-state index in [2.05, 4.69) is 53.3 Å². The molecule has 0 heterocycles. The Hall–Kier alpha value is -0.540. The van der Waals surface area contributed by atoms with Gasteiger partial charge < -0.3 is 10.1 Å². The van der Waals surface area contributed by atoms with Crippen LogP contribution in [0.2, 0.25) is 0 Å². The highest BCUT2D eigenvalue weighted by molar-refractivity contribution is 9.10. The van der Waals surface area contributed by atoms with Crippen LogP contribution in [0.4, 0.5) is 0 Å². The van der Waals surface area contributed by atoms with Crippen LogP contribution in [0.3, 0.4) is 0 Å². The van der Waals surface area contributed by atoms with E-state index >= 15 is 0 Å². The molecule has 4 saturated carbocycles. The molecule has 5 rings (SSSR count). The summed E-state index contributed by atoms with van der Waals surface area (Å²) < 4.78 is 6.69. The first kappa shape index (κ1) is 16.9. The molecular formula is C21H30BrNO. The molecule has 2 atom stereocenters. The van der Waals surface area contributed by atoms with Gasteiger partial charge in [0.2, 0.25) is 0 Å². The predicted octanol–water partition coefficient (Wildman–Crippen LogP) is 5.69. The molecule has 0 aliphatic heterocycles. The van der Waals surface area contributed by atoms with E-state index in [1.54, 1.807) is 0 Å². The lowest BCUT2D eigenvalue weighted by Gasteiger charge is -2.65. The van der Waals surface area contributed by atoms with E-state index in [1.165, 1.54) is 44.1 Å². The molecule has 0 radical (unpaired) electrons. The summed E-state index contributed by atoms with van der Waals surface area (Å²) in [4.78, 5) is 0. The first-order valence-electron chi connectivity index (χ1n) is 9.49. The van der Waals surface area contributed by atoms with Crippen LogP contribution in [0.5, 0.6) is 5.75 Å². The Morgan fingerprint density at radius 2 is 1.83 bits per heavy atom. The Labute approximate surface area is 154 Å². The van der Waals surface area contributed by atoms with E-state index < -0.39 is 0 Å². The molecular weight excluding hydrogens is 362 g/mol. The van der Waals surface area contributed by atoms with Crippen molar-refractivity contribution >= 4 is 15.9 Å². The topological polar surface area (TPSA) is 21.3 Å². The summed E-state index contributed by atoms with van der Waals surface area (Å²) in [6.07, 6.45) is 8.47. The van der Waals surface area contributed by atoms with Crippen molar-refractivity contribution in [3.8, 4) is 5.75 Å². The van der Waals surface area contributed by atoms with E-state index in [9.17, 15) is 0 Å². The fourth-order valence-corrected chi connectivity index (χ4v) is 7.40. The van der Waals surface area contributed by atoms with Gasteiger partial charge in [0.1, 0.15) is 5.75 Å². The molecule has 1 N–H and O–H groups in total. The number of nitrogens with one attached hydrogen (secondary N) is 1. The summed E-state index contributed by atoms with van der Waals surface area (Å²) >= 11 is 3.65. The molecule has 2 nitrogen and oxygen atoms in total. The van der Waals surface area contributed by atoms with Gasteiger partial charge in [-0.15, -0.1) is 0 Å². The summed E-state index contributed by atoms with van der Waals surface area (Å²) in [7, 11) is 0. The Kier molecular flexibility index (Phi) is 4.04. The van der Waals surface area contributed by atoms with Crippen molar-refractivity contribution in [2.75, 3.05) is 6.61 Å². The lowest BCUT2D eigenvalue weighted by molar-refractivity contribution is -0.118. The quantitative estimate of drug-likeness (QED) is 0.696. The van der Waals surface area contributed by atoms with E-state index in [4.69, 9.17) is 4.74 Å². The normalized spacial score (nSPS) is 40.1. The Morgan fingerprint density at radius 3 is 2.42 bits per heavy atom. The molecule has 0 aromatic heterocycles. The van der Waals surface area contributed by atoms with Gasteiger partial charge in [-0.1, -0.05) is 19.9 Å². The summed E-state index contributed by atoms with van der Waals surface area (Å²) in [6.45, 7) is 8.77. The van der Waals surface area contributed by atoms with Crippen molar-refractivity contribution in [1.82, 2.24) is 5.32 Å². The lowest BCUT2D eigenvalue weighted by Crippen LogP contribution is -2.63.